The maximum atomic E-state index is 14.9. The van der Waals surface area contributed by atoms with Gasteiger partial charge in [-0.05, 0) is 150 Å². The number of aliphatic hydroxyl groups is 2. The number of carbonyl (C=O) groups excluding carboxylic acids is 4. The number of hydrogen-bond donors (Lipinski definition) is 2. The molecule has 310 valence electrons. The molecule has 8 aliphatic carbocycles. The fourth-order valence-corrected chi connectivity index (χ4v) is 13.5. The number of rotatable bonds is 12. The summed E-state index contributed by atoms with van der Waals surface area (Å²) in [5, 5.41) is 23.0. The highest BCUT2D eigenvalue weighted by Gasteiger charge is 2.67. The Balaban J connectivity index is 1.15. The van der Waals surface area contributed by atoms with Crippen molar-refractivity contribution in [3.05, 3.63) is 0 Å². The van der Waals surface area contributed by atoms with Gasteiger partial charge in [0, 0.05) is 32.1 Å². The van der Waals surface area contributed by atoms with Crippen molar-refractivity contribution < 1.29 is 53.1 Å². The van der Waals surface area contributed by atoms with E-state index in [1.54, 1.807) is 20.8 Å². The minimum atomic E-state index is -1.37. The largest absolute Gasteiger partial charge is 0.460 e. The molecule has 8 saturated carbocycles. The van der Waals surface area contributed by atoms with Crippen molar-refractivity contribution >= 4 is 23.9 Å². The zero-order valence-corrected chi connectivity index (χ0v) is 34.8. The fourth-order valence-electron chi connectivity index (χ4n) is 13.5. The van der Waals surface area contributed by atoms with Crippen LogP contribution < -0.4 is 0 Å². The highest BCUT2D eigenvalue weighted by molar-refractivity contribution is 5.83. The van der Waals surface area contributed by atoms with Gasteiger partial charge in [0.15, 0.2) is 0 Å². The Labute approximate surface area is 327 Å². The van der Waals surface area contributed by atoms with E-state index in [1.807, 2.05) is 34.6 Å². The summed E-state index contributed by atoms with van der Waals surface area (Å²) >= 11 is 0. The first-order valence-electron chi connectivity index (χ1n) is 21.3. The Morgan fingerprint density at radius 2 is 1.25 bits per heavy atom. The first-order valence-corrected chi connectivity index (χ1v) is 21.3. The standard InChI is InChI=1S/C44H68O11/c1-9-38(7,33(46)54-43-19-28-14-29(20-43)16-40(15-28,24-43)35(48)53-36(2,3)4)23-39(8,22-37(5,6)32(45)52-31-12-10-11-13-51-31)34(47)55-44-21-30-17-41(49,26-44)25-42(50,18-30)27-44/h28-31,49-50H,9-27H2,1-8H3. The molecular formula is C44H68O11. The number of ether oxygens (including phenoxy) is 5. The van der Waals surface area contributed by atoms with Gasteiger partial charge in [-0.25, -0.2) is 0 Å². The van der Waals surface area contributed by atoms with E-state index in [0.29, 0.717) is 58.0 Å². The third kappa shape index (κ3) is 7.98. The molecule has 0 spiro atoms. The van der Waals surface area contributed by atoms with Gasteiger partial charge in [-0.3, -0.25) is 19.2 Å². The predicted molar refractivity (Wildman–Crippen MR) is 201 cm³/mol. The molecule has 9 fully saturated rings. The van der Waals surface area contributed by atoms with Crippen LogP contribution in [0.15, 0.2) is 0 Å². The van der Waals surface area contributed by atoms with Crippen LogP contribution in [0.4, 0.5) is 0 Å². The SMILES string of the molecule is CCC(C)(CC(C)(CC(C)(C)C(=O)OC1CCCCO1)C(=O)OC12CC3CC(O)(CC(O)(C3)C1)C2)C(=O)OC12CC3CC(C1)CC(C(=O)OC(C)(C)C)(C3)C2. The summed E-state index contributed by atoms with van der Waals surface area (Å²) in [5.74, 6) is -1.09. The van der Waals surface area contributed by atoms with E-state index < -0.39 is 73.9 Å². The molecule has 9 rings (SSSR count). The van der Waals surface area contributed by atoms with Crippen molar-refractivity contribution in [1.82, 2.24) is 0 Å². The van der Waals surface area contributed by atoms with Crippen molar-refractivity contribution in [3.63, 3.8) is 0 Å². The van der Waals surface area contributed by atoms with Crippen LogP contribution >= 0.6 is 0 Å². The lowest BCUT2D eigenvalue weighted by Crippen LogP contribution is -2.67. The maximum absolute atomic E-state index is 14.9. The molecule has 1 saturated heterocycles. The Kier molecular flexibility index (Phi) is 9.97. The van der Waals surface area contributed by atoms with Crippen molar-refractivity contribution in [2.24, 2.45) is 39.4 Å². The predicted octanol–water partition coefficient (Wildman–Crippen LogP) is 7.25. The minimum absolute atomic E-state index is 0.0261. The first-order chi connectivity index (χ1) is 25.3. The molecule has 0 aromatic carbocycles. The summed E-state index contributed by atoms with van der Waals surface area (Å²) in [6.07, 6.45) is 9.03. The molecule has 2 N–H and O–H groups in total. The van der Waals surface area contributed by atoms with E-state index in [-0.39, 0.29) is 55.8 Å². The topological polar surface area (TPSA) is 155 Å². The Morgan fingerprint density at radius 3 is 1.80 bits per heavy atom. The van der Waals surface area contributed by atoms with Crippen molar-refractivity contribution in [3.8, 4) is 0 Å². The van der Waals surface area contributed by atoms with E-state index >= 15 is 0 Å². The van der Waals surface area contributed by atoms with E-state index in [1.165, 1.54) is 0 Å². The molecule has 11 nitrogen and oxygen atoms in total. The lowest BCUT2D eigenvalue weighted by molar-refractivity contribution is -0.265. The summed E-state index contributed by atoms with van der Waals surface area (Å²) in [5.41, 5.74) is -9.04. The van der Waals surface area contributed by atoms with Crippen LogP contribution in [-0.2, 0) is 42.9 Å². The van der Waals surface area contributed by atoms with Gasteiger partial charge in [-0.2, -0.15) is 0 Å². The lowest BCUT2D eigenvalue weighted by Gasteiger charge is -2.62. The van der Waals surface area contributed by atoms with Gasteiger partial charge >= 0.3 is 23.9 Å². The number of esters is 4. The van der Waals surface area contributed by atoms with Crippen LogP contribution in [0.2, 0.25) is 0 Å². The third-order valence-corrected chi connectivity index (χ3v) is 14.7. The average molecular weight is 773 g/mol. The molecule has 9 aliphatic rings. The van der Waals surface area contributed by atoms with Gasteiger partial charge < -0.3 is 33.9 Å². The lowest BCUT2D eigenvalue weighted by atomic mass is 9.47. The zero-order valence-electron chi connectivity index (χ0n) is 34.8. The van der Waals surface area contributed by atoms with E-state index in [2.05, 4.69) is 0 Å². The Hall–Kier alpha value is -2.24. The van der Waals surface area contributed by atoms with Gasteiger partial charge in [0.05, 0.1) is 39.5 Å². The molecule has 0 aromatic rings. The summed E-state index contributed by atoms with van der Waals surface area (Å²) in [6, 6.07) is 0. The van der Waals surface area contributed by atoms with Crippen LogP contribution in [0.25, 0.3) is 0 Å². The number of carbonyl (C=O) groups is 4. The second-order valence-corrected chi connectivity index (χ2v) is 22.3. The maximum Gasteiger partial charge on any atom is 0.313 e. The van der Waals surface area contributed by atoms with Crippen molar-refractivity contribution in [2.75, 3.05) is 6.61 Å². The number of hydrogen-bond acceptors (Lipinski definition) is 11. The molecule has 0 amide bonds. The van der Waals surface area contributed by atoms with Gasteiger partial charge in [-0.1, -0.05) is 6.92 Å². The average Bonchev–Trinajstić information content (AvgIpc) is 3.01. The molecule has 8 bridgehead atoms. The second-order valence-electron chi connectivity index (χ2n) is 22.3. The molecule has 0 aromatic heterocycles. The quantitative estimate of drug-likeness (QED) is 0.152. The van der Waals surface area contributed by atoms with E-state index in [9.17, 15) is 29.4 Å². The molecular weight excluding hydrogens is 704 g/mol. The fraction of sp³-hybridized carbons (Fsp3) is 0.909. The molecule has 7 atom stereocenters. The molecule has 7 unspecified atom stereocenters. The van der Waals surface area contributed by atoms with Crippen LogP contribution in [0, 0.1) is 39.4 Å². The highest BCUT2D eigenvalue weighted by Crippen LogP contribution is 2.65. The van der Waals surface area contributed by atoms with Crippen molar-refractivity contribution in [2.45, 2.75) is 205 Å². The summed E-state index contributed by atoms with van der Waals surface area (Å²) in [7, 11) is 0. The summed E-state index contributed by atoms with van der Waals surface area (Å²) < 4.78 is 30.8. The summed E-state index contributed by atoms with van der Waals surface area (Å²) in [4.78, 5) is 57.3. The Bertz CT molecular complexity index is 1520. The monoisotopic (exact) mass is 772 g/mol. The zero-order chi connectivity index (χ0) is 40.1. The van der Waals surface area contributed by atoms with Crippen molar-refractivity contribution in [1.29, 1.82) is 0 Å². The molecule has 55 heavy (non-hydrogen) atoms. The molecule has 1 heterocycles. The molecule has 1 aliphatic heterocycles. The van der Waals surface area contributed by atoms with Crippen LogP contribution in [-0.4, -0.2) is 75.0 Å². The minimum Gasteiger partial charge on any atom is -0.460 e. The van der Waals surface area contributed by atoms with Gasteiger partial charge in [0.25, 0.3) is 0 Å². The van der Waals surface area contributed by atoms with Gasteiger partial charge in [-0.15, -0.1) is 0 Å². The normalized spacial score (nSPS) is 41.2. The van der Waals surface area contributed by atoms with Crippen LogP contribution in [0.1, 0.15) is 171 Å². The van der Waals surface area contributed by atoms with E-state index in [4.69, 9.17) is 23.7 Å². The Morgan fingerprint density at radius 1 is 0.673 bits per heavy atom. The first kappa shape index (κ1) is 40.9. The van der Waals surface area contributed by atoms with Gasteiger partial charge in [0.1, 0.15) is 16.8 Å². The second kappa shape index (κ2) is 13.4. The van der Waals surface area contributed by atoms with Gasteiger partial charge in [0.2, 0.25) is 6.29 Å². The molecule has 0 radical (unpaired) electrons. The van der Waals surface area contributed by atoms with Crippen LogP contribution in [0.5, 0.6) is 0 Å². The summed E-state index contributed by atoms with van der Waals surface area (Å²) in [6.45, 7) is 15.2. The highest BCUT2D eigenvalue weighted by atomic mass is 16.7. The smallest absolute Gasteiger partial charge is 0.313 e. The van der Waals surface area contributed by atoms with E-state index in [0.717, 1.165) is 32.1 Å². The molecule has 11 heteroatoms. The van der Waals surface area contributed by atoms with Crippen LogP contribution in [0.3, 0.4) is 0 Å². The third-order valence-electron chi connectivity index (χ3n) is 14.7.